The van der Waals surface area contributed by atoms with Crippen molar-refractivity contribution in [2.75, 3.05) is 18.4 Å². The number of nitro benzene ring substituents is 1. The smallest absolute Gasteiger partial charge is 0.293 e. The zero-order valence-corrected chi connectivity index (χ0v) is 15.9. The molecule has 0 amide bonds. The molecule has 8 nitrogen and oxygen atoms in total. The Morgan fingerprint density at radius 3 is 2.67 bits per heavy atom. The van der Waals surface area contributed by atoms with Crippen molar-refractivity contribution in [1.82, 2.24) is 4.31 Å². The van der Waals surface area contributed by atoms with Gasteiger partial charge in [-0.3, -0.25) is 10.1 Å². The lowest BCUT2D eigenvalue weighted by Gasteiger charge is -2.17. The molecule has 3 rings (SSSR count). The summed E-state index contributed by atoms with van der Waals surface area (Å²) in [6.07, 6.45) is 4.66. The molecule has 0 radical (unpaired) electrons. The molecule has 0 saturated carbocycles. The van der Waals surface area contributed by atoms with Crippen LogP contribution < -0.4 is 5.32 Å². The Labute approximate surface area is 158 Å². The van der Waals surface area contributed by atoms with Crippen molar-refractivity contribution >= 4 is 21.4 Å². The van der Waals surface area contributed by atoms with Crippen molar-refractivity contribution in [3.8, 4) is 0 Å². The average Bonchev–Trinajstić information content (AvgIpc) is 3.34. The first-order chi connectivity index (χ1) is 12.9. The topological polar surface area (TPSA) is 106 Å². The highest BCUT2D eigenvalue weighted by atomic mass is 32.2. The Bertz CT molecular complexity index is 890. The van der Waals surface area contributed by atoms with Gasteiger partial charge in [0.05, 0.1) is 16.1 Å². The number of rotatable bonds is 8. The summed E-state index contributed by atoms with van der Waals surface area (Å²) in [4.78, 5) is 10.9. The summed E-state index contributed by atoms with van der Waals surface area (Å²) in [6.45, 7) is 2.83. The minimum Gasteiger partial charge on any atom is -0.469 e. The molecule has 0 spiro atoms. The van der Waals surface area contributed by atoms with Crippen LogP contribution in [0.5, 0.6) is 0 Å². The third-order valence-corrected chi connectivity index (χ3v) is 6.57. The van der Waals surface area contributed by atoms with Gasteiger partial charge in [-0.05, 0) is 50.5 Å². The van der Waals surface area contributed by atoms with Crippen LogP contribution in [0.2, 0.25) is 0 Å². The number of hydrogen-bond acceptors (Lipinski definition) is 6. The van der Waals surface area contributed by atoms with Gasteiger partial charge in [-0.1, -0.05) is 0 Å². The van der Waals surface area contributed by atoms with Crippen LogP contribution in [0.4, 0.5) is 11.4 Å². The molecule has 9 heteroatoms. The highest BCUT2D eigenvalue weighted by Crippen LogP contribution is 2.30. The quantitative estimate of drug-likeness (QED) is 0.544. The van der Waals surface area contributed by atoms with E-state index in [0.717, 1.165) is 31.1 Å². The molecule has 146 valence electrons. The molecule has 1 fully saturated rings. The Morgan fingerprint density at radius 1 is 1.30 bits per heavy atom. The van der Waals surface area contributed by atoms with Crippen molar-refractivity contribution in [3.63, 3.8) is 0 Å². The van der Waals surface area contributed by atoms with Crippen LogP contribution in [-0.4, -0.2) is 36.8 Å². The second-order valence-electron chi connectivity index (χ2n) is 6.71. The zero-order chi connectivity index (χ0) is 19.4. The predicted octanol–water partition coefficient (Wildman–Crippen LogP) is 3.41. The molecule has 0 aliphatic carbocycles. The van der Waals surface area contributed by atoms with Gasteiger partial charge in [0.2, 0.25) is 10.0 Å². The second-order valence-corrected chi connectivity index (χ2v) is 8.65. The monoisotopic (exact) mass is 393 g/mol. The Balaban J connectivity index is 1.76. The van der Waals surface area contributed by atoms with E-state index < -0.39 is 14.9 Å². The van der Waals surface area contributed by atoms with E-state index >= 15 is 0 Å². The predicted molar refractivity (Wildman–Crippen MR) is 101 cm³/mol. The lowest BCUT2D eigenvalue weighted by atomic mass is 10.1. The normalized spacial score (nSPS) is 16.3. The Morgan fingerprint density at radius 2 is 2.04 bits per heavy atom. The van der Waals surface area contributed by atoms with Crippen molar-refractivity contribution in [2.45, 2.75) is 43.5 Å². The highest BCUT2D eigenvalue weighted by Gasteiger charge is 2.29. The minimum atomic E-state index is -3.69. The van der Waals surface area contributed by atoms with Crippen molar-refractivity contribution in [1.29, 1.82) is 0 Å². The van der Waals surface area contributed by atoms with E-state index in [1.807, 2.05) is 19.1 Å². The molecule has 1 aliphatic heterocycles. The molecule has 1 atom stereocenters. The number of nitro groups is 1. The van der Waals surface area contributed by atoms with Gasteiger partial charge in [-0.25, -0.2) is 8.42 Å². The number of furan rings is 1. The summed E-state index contributed by atoms with van der Waals surface area (Å²) in [6, 6.07) is 7.71. The van der Waals surface area contributed by atoms with Crippen molar-refractivity contribution < 1.29 is 17.8 Å². The van der Waals surface area contributed by atoms with Gasteiger partial charge in [0.1, 0.15) is 11.4 Å². The first kappa shape index (κ1) is 19.4. The highest BCUT2D eigenvalue weighted by molar-refractivity contribution is 7.89. The summed E-state index contributed by atoms with van der Waals surface area (Å²) in [5.74, 6) is 0.852. The molecule has 0 bridgehead atoms. The van der Waals surface area contributed by atoms with Crippen LogP contribution in [0, 0.1) is 10.1 Å². The molecule has 1 aromatic heterocycles. The number of anilines is 1. The number of nitrogens with one attached hydrogen (secondary N) is 1. The maximum Gasteiger partial charge on any atom is 0.293 e. The van der Waals surface area contributed by atoms with Crippen LogP contribution in [0.1, 0.15) is 31.9 Å². The van der Waals surface area contributed by atoms with Crippen LogP contribution in [0.3, 0.4) is 0 Å². The third kappa shape index (κ3) is 4.48. The van der Waals surface area contributed by atoms with E-state index in [1.165, 1.54) is 16.4 Å². The van der Waals surface area contributed by atoms with Crippen molar-refractivity contribution in [2.24, 2.45) is 0 Å². The molecule has 1 N–H and O–H groups in total. The first-order valence-corrected chi connectivity index (χ1v) is 10.4. The number of sulfonamides is 1. The summed E-state index contributed by atoms with van der Waals surface area (Å²) in [5, 5.41) is 14.6. The van der Waals surface area contributed by atoms with Gasteiger partial charge < -0.3 is 9.73 Å². The zero-order valence-electron chi connectivity index (χ0n) is 15.1. The number of hydrogen-bond donors (Lipinski definition) is 1. The van der Waals surface area contributed by atoms with Gasteiger partial charge in [0, 0.05) is 31.6 Å². The fourth-order valence-electron chi connectivity index (χ4n) is 3.17. The first-order valence-electron chi connectivity index (χ1n) is 8.95. The van der Waals surface area contributed by atoms with Gasteiger partial charge >= 0.3 is 0 Å². The summed E-state index contributed by atoms with van der Waals surface area (Å²) >= 11 is 0. The molecule has 1 aromatic carbocycles. The average molecular weight is 393 g/mol. The number of aryl methyl sites for hydroxylation is 1. The molecular weight excluding hydrogens is 370 g/mol. The van der Waals surface area contributed by atoms with Crippen LogP contribution in [-0.2, 0) is 16.4 Å². The number of benzene rings is 1. The Hall–Kier alpha value is -2.39. The lowest BCUT2D eigenvalue weighted by molar-refractivity contribution is -0.384. The second kappa shape index (κ2) is 8.10. The maximum absolute atomic E-state index is 12.6. The molecular formula is C18H23N3O5S. The van der Waals surface area contributed by atoms with Gasteiger partial charge in [0.25, 0.3) is 5.69 Å². The third-order valence-electron chi connectivity index (χ3n) is 4.67. The molecule has 1 saturated heterocycles. The fraction of sp³-hybridized carbons (Fsp3) is 0.444. The van der Waals surface area contributed by atoms with Gasteiger partial charge in [0.15, 0.2) is 0 Å². The fourth-order valence-corrected chi connectivity index (χ4v) is 4.71. The SMILES string of the molecule is C[C@@H](CCc1ccco1)Nc1ccc(S(=O)(=O)N2CCCC2)cc1[N+](=O)[O-]. The Kier molecular flexibility index (Phi) is 5.81. The van der Waals surface area contributed by atoms with Crippen LogP contribution >= 0.6 is 0 Å². The minimum absolute atomic E-state index is 0.0371. The molecule has 27 heavy (non-hydrogen) atoms. The van der Waals surface area contributed by atoms with Crippen molar-refractivity contribution in [3.05, 3.63) is 52.5 Å². The van der Waals surface area contributed by atoms with E-state index in [4.69, 9.17) is 4.42 Å². The maximum atomic E-state index is 12.6. The van der Waals surface area contributed by atoms with Crippen LogP contribution in [0.25, 0.3) is 0 Å². The van der Waals surface area contributed by atoms with E-state index in [2.05, 4.69) is 5.32 Å². The van der Waals surface area contributed by atoms with E-state index in [1.54, 1.807) is 6.26 Å². The van der Waals surface area contributed by atoms with Gasteiger partial charge in [-0.15, -0.1) is 0 Å². The standard InChI is InChI=1S/C18H23N3O5S/c1-14(6-7-15-5-4-12-26-15)19-17-9-8-16(13-18(17)21(22)23)27(24,25)20-10-2-3-11-20/h4-5,8-9,12-14,19H,2-3,6-7,10-11H2,1H3/t14-/m0/s1. The molecule has 2 heterocycles. The van der Waals surface area contributed by atoms with Crippen LogP contribution in [0.15, 0.2) is 45.9 Å². The van der Waals surface area contributed by atoms with E-state index in [9.17, 15) is 18.5 Å². The summed E-state index contributed by atoms with van der Waals surface area (Å²) in [7, 11) is -3.69. The summed E-state index contributed by atoms with van der Waals surface area (Å²) in [5.41, 5.74) is 0.0763. The summed E-state index contributed by atoms with van der Waals surface area (Å²) < 4.78 is 32.0. The van der Waals surface area contributed by atoms with E-state index in [0.29, 0.717) is 25.2 Å². The largest absolute Gasteiger partial charge is 0.469 e. The molecule has 2 aromatic rings. The molecule has 0 unspecified atom stereocenters. The van der Waals surface area contributed by atoms with Gasteiger partial charge in [-0.2, -0.15) is 4.31 Å². The van der Waals surface area contributed by atoms with E-state index in [-0.39, 0.29) is 16.6 Å². The molecule has 1 aliphatic rings. The number of nitrogens with zero attached hydrogens (tertiary/aromatic N) is 2. The lowest BCUT2D eigenvalue weighted by Crippen LogP contribution is -2.28.